The van der Waals surface area contributed by atoms with Crippen molar-refractivity contribution >= 4 is 0 Å². The summed E-state index contributed by atoms with van der Waals surface area (Å²) in [6.07, 6.45) is 1.54. The summed E-state index contributed by atoms with van der Waals surface area (Å²) in [6.45, 7) is 3.39. The Morgan fingerprint density at radius 1 is 1.04 bits per heavy atom. The lowest BCUT2D eigenvalue weighted by molar-refractivity contribution is -0.112. The molecule has 2 aromatic rings. The standard InChI is InChI=1S/C20H21NO3/c1-2-3-19(20-22-12-13-23-20)24-18-10-8-17(9-11-18)16-6-4-15(14-21)5-7-16/h4-11,19-20H,2-3,12-13H2,1H3. The van der Waals surface area contributed by atoms with Crippen LogP contribution in [-0.2, 0) is 9.47 Å². The quantitative estimate of drug-likeness (QED) is 0.801. The van der Waals surface area contributed by atoms with Gasteiger partial charge in [-0.1, -0.05) is 37.6 Å². The third-order valence-electron chi connectivity index (χ3n) is 4.01. The summed E-state index contributed by atoms with van der Waals surface area (Å²) in [5.74, 6) is 0.810. The molecule has 0 N–H and O–H groups in total. The van der Waals surface area contributed by atoms with E-state index in [-0.39, 0.29) is 12.4 Å². The fraction of sp³-hybridized carbons (Fsp3) is 0.350. The average molecular weight is 323 g/mol. The molecular weight excluding hydrogens is 302 g/mol. The summed E-state index contributed by atoms with van der Waals surface area (Å²) < 4.78 is 17.2. The van der Waals surface area contributed by atoms with Crippen LogP contribution in [0.25, 0.3) is 11.1 Å². The second-order valence-corrected chi connectivity index (χ2v) is 5.77. The van der Waals surface area contributed by atoms with Gasteiger partial charge in [-0.25, -0.2) is 0 Å². The van der Waals surface area contributed by atoms with Crippen LogP contribution < -0.4 is 4.74 Å². The molecule has 3 rings (SSSR count). The molecule has 1 heterocycles. The zero-order valence-corrected chi connectivity index (χ0v) is 13.8. The summed E-state index contributed by atoms with van der Waals surface area (Å²) >= 11 is 0. The summed E-state index contributed by atoms with van der Waals surface area (Å²) in [5, 5.41) is 8.87. The lowest BCUT2D eigenvalue weighted by Crippen LogP contribution is -2.32. The minimum Gasteiger partial charge on any atom is -0.485 e. The Balaban J connectivity index is 1.69. The van der Waals surface area contributed by atoms with E-state index in [1.54, 1.807) is 0 Å². The fourth-order valence-electron chi connectivity index (χ4n) is 2.76. The molecule has 1 aliphatic heterocycles. The van der Waals surface area contributed by atoms with Crippen molar-refractivity contribution in [2.24, 2.45) is 0 Å². The molecule has 1 unspecified atom stereocenters. The van der Waals surface area contributed by atoms with Crippen molar-refractivity contribution in [1.82, 2.24) is 0 Å². The van der Waals surface area contributed by atoms with Crippen LogP contribution in [0, 0.1) is 11.3 Å². The van der Waals surface area contributed by atoms with E-state index in [9.17, 15) is 0 Å². The third kappa shape index (κ3) is 3.94. The van der Waals surface area contributed by atoms with Gasteiger partial charge in [-0.15, -0.1) is 0 Å². The highest BCUT2D eigenvalue weighted by Crippen LogP contribution is 2.25. The zero-order chi connectivity index (χ0) is 16.8. The second-order valence-electron chi connectivity index (χ2n) is 5.77. The van der Waals surface area contributed by atoms with Crippen LogP contribution in [0.5, 0.6) is 5.75 Å². The van der Waals surface area contributed by atoms with Crippen molar-refractivity contribution in [1.29, 1.82) is 5.26 Å². The molecule has 2 aromatic carbocycles. The predicted octanol–water partition coefficient (Wildman–Crippen LogP) is 4.15. The first-order chi connectivity index (χ1) is 11.8. The van der Waals surface area contributed by atoms with Gasteiger partial charge in [-0.05, 0) is 41.8 Å². The fourth-order valence-corrected chi connectivity index (χ4v) is 2.76. The summed E-state index contributed by atoms with van der Waals surface area (Å²) in [6, 6.07) is 17.7. The molecular formula is C20H21NO3. The van der Waals surface area contributed by atoms with Crippen molar-refractivity contribution in [2.75, 3.05) is 13.2 Å². The molecule has 24 heavy (non-hydrogen) atoms. The Labute approximate surface area is 142 Å². The van der Waals surface area contributed by atoms with Crippen LogP contribution in [0.2, 0.25) is 0 Å². The first kappa shape index (κ1) is 16.5. The van der Waals surface area contributed by atoms with E-state index in [4.69, 9.17) is 19.5 Å². The smallest absolute Gasteiger partial charge is 0.194 e. The molecule has 0 bridgehead atoms. The molecule has 1 fully saturated rings. The topological polar surface area (TPSA) is 51.5 Å². The lowest BCUT2D eigenvalue weighted by Gasteiger charge is -2.23. The summed E-state index contributed by atoms with van der Waals surface area (Å²) in [4.78, 5) is 0. The highest BCUT2D eigenvalue weighted by atomic mass is 16.7. The van der Waals surface area contributed by atoms with Crippen molar-refractivity contribution in [2.45, 2.75) is 32.2 Å². The number of rotatable bonds is 6. The van der Waals surface area contributed by atoms with E-state index in [1.165, 1.54) is 0 Å². The van der Waals surface area contributed by atoms with Gasteiger partial charge in [-0.3, -0.25) is 0 Å². The van der Waals surface area contributed by atoms with Crippen molar-refractivity contribution in [3.05, 3.63) is 54.1 Å². The molecule has 124 valence electrons. The van der Waals surface area contributed by atoms with Crippen LogP contribution in [-0.4, -0.2) is 25.6 Å². The van der Waals surface area contributed by atoms with Gasteiger partial charge in [-0.2, -0.15) is 5.26 Å². The Morgan fingerprint density at radius 2 is 1.62 bits per heavy atom. The maximum absolute atomic E-state index is 8.87. The van der Waals surface area contributed by atoms with Crippen LogP contribution in [0.4, 0.5) is 0 Å². The Morgan fingerprint density at radius 3 is 2.17 bits per heavy atom. The minimum absolute atomic E-state index is 0.0849. The number of nitriles is 1. The molecule has 1 saturated heterocycles. The minimum atomic E-state index is -0.275. The second kappa shape index (κ2) is 7.96. The van der Waals surface area contributed by atoms with E-state index >= 15 is 0 Å². The SMILES string of the molecule is CCCC(Oc1ccc(-c2ccc(C#N)cc2)cc1)C1OCCO1. The Bertz CT molecular complexity index is 682. The van der Waals surface area contributed by atoms with Crippen molar-refractivity contribution in [3.63, 3.8) is 0 Å². The molecule has 1 atom stereocenters. The third-order valence-corrected chi connectivity index (χ3v) is 4.01. The van der Waals surface area contributed by atoms with Crippen LogP contribution in [0.15, 0.2) is 48.5 Å². The molecule has 1 aliphatic rings. The maximum Gasteiger partial charge on any atom is 0.194 e. The highest BCUT2D eigenvalue weighted by molar-refractivity contribution is 5.64. The van der Waals surface area contributed by atoms with Gasteiger partial charge in [0, 0.05) is 0 Å². The number of hydrogen-bond donors (Lipinski definition) is 0. The van der Waals surface area contributed by atoms with Crippen molar-refractivity contribution in [3.8, 4) is 22.9 Å². The van der Waals surface area contributed by atoms with E-state index in [0.717, 1.165) is 29.7 Å². The molecule has 0 spiro atoms. The van der Waals surface area contributed by atoms with E-state index in [2.05, 4.69) is 13.0 Å². The zero-order valence-electron chi connectivity index (χ0n) is 13.8. The van der Waals surface area contributed by atoms with Crippen LogP contribution >= 0.6 is 0 Å². The largest absolute Gasteiger partial charge is 0.485 e. The molecule has 0 aliphatic carbocycles. The van der Waals surface area contributed by atoms with Gasteiger partial charge in [0.05, 0.1) is 24.8 Å². The molecule has 0 radical (unpaired) electrons. The molecule has 4 heteroatoms. The van der Waals surface area contributed by atoms with E-state index in [1.807, 2.05) is 48.5 Å². The van der Waals surface area contributed by atoms with Gasteiger partial charge >= 0.3 is 0 Å². The normalized spacial score (nSPS) is 15.8. The average Bonchev–Trinajstić information content (AvgIpc) is 3.17. The van der Waals surface area contributed by atoms with Crippen molar-refractivity contribution < 1.29 is 14.2 Å². The molecule has 0 aromatic heterocycles. The molecule has 0 amide bonds. The summed E-state index contributed by atoms with van der Waals surface area (Å²) in [5.41, 5.74) is 2.83. The van der Waals surface area contributed by atoms with Crippen LogP contribution in [0.1, 0.15) is 25.3 Å². The number of ether oxygens (including phenoxy) is 3. The van der Waals surface area contributed by atoms with Gasteiger partial charge in [0.2, 0.25) is 0 Å². The molecule has 4 nitrogen and oxygen atoms in total. The van der Waals surface area contributed by atoms with E-state index < -0.39 is 0 Å². The first-order valence-corrected chi connectivity index (χ1v) is 8.30. The maximum atomic E-state index is 8.87. The van der Waals surface area contributed by atoms with Gasteiger partial charge in [0.15, 0.2) is 6.29 Å². The van der Waals surface area contributed by atoms with E-state index in [0.29, 0.717) is 18.8 Å². The number of benzene rings is 2. The first-order valence-electron chi connectivity index (χ1n) is 8.30. The van der Waals surface area contributed by atoms with Gasteiger partial charge in [0.1, 0.15) is 11.9 Å². The lowest BCUT2D eigenvalue weighted by atomic mass is 10.0. The van der Waals surface area contributed by atoms with Gasteiger partial charge in [0.25, 0.3) is 0 Å². The number of nitrogens with zero attached hydrogens (tertiary/aromatic N) is 1. The van der Waals surface area contributed by atoms with Gasteiger partial charge < -0.3 is 14.2 Å². The molecule has 0 saturated carbocycles. The predicted molar refractivity (Wildman–Crippen MR) is 91.6 cm³/mol. The Kier molecular flexibility index (Phi) is 5.47. The highest BCUT2D eigenvalue weighted by Gasteiger charge is 2.27. The summed E-state index contributed by atoms with van der Waals surface area (Å²) in [7, 11) is 0. The Hall–Kier alpha value is -2.35. The number of hydrogen-bond acceptors (Lipinski definition) is 4. The van der Waals surface area contributed by atoms with Crippen LogP contribution in [0.3, 0.4) is 0 Å². The monoisotopic (exact) mass is 323 g/mol.